The van der Waals surface area contributed by atoms with Crippen molar-refractivity contribution in [3.63, 3.8) is 0 Å². The van der Waals surface area contributed by atoms with Gasteiger partial charge < -0.3 is 15.4 Å². The fraction of sp³-hybridized carbons (Fsp3) is 0.632. The van der Waals surface area contributed by atoms with Crippen LogP contribution in [0, 0.1) is 6.92 Å². The molecule has 1 aromatic rings. The van der Waals surface area contributed by atoms with Crippen LogP contribution < -0.4 is 10.6 Å². The first-order valence-electron chi connectivity index (χ1n) is 9.23. The van der Waals surface area contributed by atoms with E-state index in [9.17, 15) is 0 Å². The molecular formula is C19H33IN4OS. The van der Waals surface area contributed by atoms with E-state index in [0.717, 1.165) is 69.9 Å². The number of hydrogen-bond acceptors (Lipinski definition) is 4. The Morgan fingerprint density at radius 3 is 2.62 bits per heavy atom. The number of benzene rings is 1. The molecule has 2 rings (SSSR count). The minimum Gasteiger partial charge on any atom is -0.379 e. The summed E-state index contributed by atoms with van der Waals surface area (Å²) < 4.78 is 5.38. The zero-order chi connectivity index (χ0) is 17.7. The molecule has 0 spiro atoms. The van der Waals surface area contributed by atoms with Crippen molar-refractivity contribution in [1.82, 2.24) is 15.5 Å². The van der Waals surface area contributed by atoms with Crippen molar-refractivity contribution in [2.24, 2.45) is 4.99 Å². The van der Waals surface area contributed by atoms with Crippen LogP contribution in [0.5, 0.6) is 0 Å². The second-order valence-electron chi connectivity index (χ2n) is 6.18. The Labute approximate surface area is 179 Å². The van der Waals surface area contributed by atoms with Gasteiger partial charge >= 0.3 is 0 Å². The molecule has 7 heteroatoms. The summed E-state index contributed by atoms with van der Waals surface area (Å²) >= 11 is 1.95. The lowest BCUT2D eigenvalue weighted by molar-refractivity contribution is 0.0394. The van der Waals surface area contributed by atoms with E-state index in [-0.39, 0.29) is 24.0 Å². The number of hydrogen-bond donors (Lipinski definition) is 2. The SMILES string of the molecule is CCNC(=NCCN1CCOCC1)NCCSCc1ccc(C)cc1.I. The number of halogens is 1. The summed E-state index contributed by atoms with van der Waals surface area (Å²) in [6, 6.07) is 8.79. The van der Waals surface area contributed by atoms with E-state index in [4.69, 9.17) is 4.74 Å². The quantitative estimate of drug-likeness (QED) is 0.240. The van der Waals surface area contributed by atoms with Crippen LogP contribution in [0.3, 0.4) is 0 Å². The second kappa shape index (κ2) is 14.5. The monoisotopic (exact) mass is 492 g/mol. The molecule has 0 bridgehead atoms. The Morgan fingerprint density at radius 1 is 1.19 bits per heavy atom. The number of guanidine groups is 1. The van der Waals surface area contributed by atoms with Crippen molar-refractivity contribution in [3.05, 3.63) is 35.4 Å². The van der Waals surface area contributed by atoms with Gasteiger partial charge in [0.2, 0.25) is 0 Å². The Morgan fingerprint density at radius 2 is 1.92 bits per heavy atom. The molecule has 0 radical (unpaired) electrons. The molecule has 0 atom stereocenters. The summed E-state index contributed by atoms with van der Waals surface area (Å²) in [5.74, 6) is 3.06. The largest absolute Gasteiger partial charge is 0.379 e. The number of aliphatic imine (C=N–C) groups is 1. The topological polar surface area (TPSA) is 48.9 Å². The molecule has 0 unspecified atom stereocenters. The molecule has 1 saturated heterocycles. The maximum atomic E-state index is 5.38. The first kappa shape index (κ1) is 23.5. The molecule has 0 aliphatic carbocycles. The molecule has 1 heterocycles. The first-order chi connectivity index (χ1) is 12.3. The number of rotatable bonds is 9. The van der Waals surface area contributed by atoms with Gasteiger partial charge in [0.15, 0.2) is 5.96 Å². The maximum Gasteiger partial charge on any atom is 0.191 e. The zero-order valence-corrected chi connectivity index (χ0v) is 19.1. The summed E-state index contributed by atoms with van der Waals surface area (Å²) in [6.07, 6.45) is 0. The molecule has 1 aliphatic rings. The Balaban J connectivity index is 0.00000338. The predicted molar refractivity (Wildman–Crippen MR) is 124 cm³/mol. The zero-order valence-electron chi connectivity index (χ0n) is 16.0. The van der Waals surface area contributed by atoms with E-state index in [1.54, 1.807) is 0 Å². The molecule has 1 aliphatic heterocycles. The maximum absolute atomic E-state index is 5.38. The lowest BCUT2D eigenvalue weighted by atomic mass is 10.2. The van der Waals surface area contributed by atoms with Crippen LogP contribution >= 0.6 is 35.7 Å². The van der Waals surface area contributed by atoms with Gasteiger partial charge in [-0.3, -0.25) is 9.89 Å². The van der Waals surface area contributed by atoms with Crippen LogP contribution in [0.2, 0.25) is 0 Å². The van der Waals surface area contributed by atoms with E-state index < -0.39 is 0 Å². The lowest BCUT2D eigenvalue weighted by Gasteiger charge is -2.25. The lowest BCUT2D eigenvalue weighted by Crippen LogP contribution is -2.40. The Kier molecular flexibility index (Phi) is 13.2. The van der Waals surface area contributed by atoms with Gasteiger partial charge in [0, 0.05) is 44.2 Å². The van der Waals surface area contributed by atoms with Crippen molar-refractivity contribution in [2.45, 2.75) is 19.6 Å². The van der Waals surface area contributed by atoms with Gasteiger partial charge in [0.1, 0.15) is 0 Å². The molecule has 0 amide bonds. The van der Waals surface area contributed by atoms with Gasteiger partial charge in [0.05, 0.1) is 19.8 Å². The molecule has 2 N–H and O–H groups in total. The number of thioether (sulfide) groups is 1. The third kappa shape index (κ3) is 9.99. The van der Waals surface area contributed by atoms with Gasteiger partial charge in [-0.05, 0) is 19.4 Å². The number of aryl methyl sites for hydroxylation is 1. The van der Waals surface area contributed by atoms with Gasteiger partial charge in [0.25, 0.3) is 0 Å². The highest BCUT2D eigenvalue weighted by molar-refractivity contribution is 14.0. The van der Waals surface area contributed by atoms with Crippen LogP contribution in [0.4, 0.5) is 0 Å². The van der Waals surface area contributed by atoms with E-state index in [1.807, 2.05) is 11.8 Å². The molecular weight excluding hydrogens is 459 g/mol. The molecule has 0 saturated carbocycles. The van der Waals surface area contributed by atoms with Crippen LogP contribution in [-0.2, 0) is 10.5 Å². The Bertz CT molecular complexity index is 507. The van der Waals surface area contributed by atoms with Crippen LogP contribution in [-0.4, -0.2) is 69.1 Å². The Hall–Kier alpha value is -0.510. The summed E-state index contributed by atoms with van der Waals surface area (Å²) in [6.45, 7) is 11.6. The van der Waals surface area contributed by atoms with Crippen molar-refractivity contribution in [2.75, 3.05) is 58.2 Å². The fourth-order valence-corrected chi connectivity index (χ4v) is 3.40. The number of morpholine rings is 1. The van der Waals surface area contributed by atoms with E-state index in [2.05, 4.69) is 58.6 Å². The molecule has 0 aromatic heterocycles. The van der Waals surface area contributed by atoms with E-state index >= 15 is 0 Å². The molecule has 1 fully saturated rings. The van der Waals surface area contributed by atoms with Crippen molar-refractivity contribution < 1.29 is 4.74 Å². The smallest absolute Gasteiger partial charge is 0.191 e. The first-order valence-corrected chi connectivity index (χ1v) is 10.4. The summed E-state index contributed by atoms with van der Waals surface area (Å²) in [7, 11) is 0. The third-order valence-electron chi connectivity index (χ3n) is 4.06. The van der Waals surface area contributed by atoms with E-state index in [0.29, 0.717) is 0 Å². The average molecular weight is 492 g/mol. The highest BCUT2D eigenvalue weighted by Crippen LogP contribution is 2.12. The summed E-state index contributed by atoms with van der Waals surface area (Å²) in [5, 5.41) is 6.75. The van der Waals surface area contributed by atoms with Crippen LogP contribution in [0.15, 0.2) is 29.3 Å². The van der Waals surface area contributed by atoms with Crippen LogP contribution in [0.1, 0.15) is 18.1 Å². The van der Waals surface area contributed by atoms with Gasteiger partial charge in [-0.2, -0.15) is 11.8 Å². The highest BCUT2D eigenvalue weighted by atomic mass is 127. The van der Waals surface area contributed by atoms with Gasteiger partial charge in [-0.1, -0.05) is 29.8 Å². The molecule has 1 aromatic carbocycles. The number of nitrogens with zero attached hydrogens (tertiary/aromatic N) is 2. The predicted octanol–water partition coefficient (Wildman–Crippen LogP) is 2.73. The molecule has 148 valence electrons. The fourth-order valence-electron chi connectivity index (χ4n) is 2.59. The summed E-state index contributed by atoms with van der Waals surface area (Å²) in [4.78, 5) is 7.09. The third-order valence-corrected chi connectivity index (χ3v) is 5.09. The minimum absolute atomic E-state index is 0. The van der Waals surface area contributed by atoms with Crippen molar-refractivity contribution >= 4 is 41.7 Å². The minimum atomic E-state index is 0. The van der Waals surface area contributed by atoms with Crippen molar-refractivity contribution in [1.29, 1.82) is 0 Å². The van der Waals surface area contributed by atoms with Crippen LogP contribution in [0.25, 0.3) is 0 Å². The van der Waals surface area contributed by atoms with Crippen molar-refractivity contribution in [3.8, 4) is 0 Å². The number of ether oxygens (including phenoxy) is 1. The standard InChI is InChI=1S/C19H32N4OS.HI/c1-3-20-19(21-8-10-23-11-13-24-14-12-23)22-9-15-25-16-18-6-4-17(2)5-7-18;/h4-7H,3,8-16H2,1-2H3,(H2,20,21,22);1H. The van der Waals surface area contributed by atoms with Gasteiger partial charge in [-0.15, -0.1) is 24.0 Å². The average Bonchev–Trinajstić information content (AvgIpc) is 2.64. The second-order valence-corrected chi connectivity index (χ2v) is 7.28. The normalized spacial score (nSPS) is 15.4. The van der Waals surface area contributed by atoms with E-state index in [1.165, 1.54) is 11.1 Å². The molecule has 26 heavy (non-hydrogen) atoms. The highest BCUT2D eigenvalue weighted by Gasteiger charge is 2.09. The number of nitrogens with one attached hydrogen (secondary N) is 2. The molecule has 5 nitrogen and oxygen atoms in total. The summed E-state index contributed by atoms with van der Waals surface area (Å²) in [5.41, 5.74) is 2.71. The van der Waals surface area contributed by atoms with Gasteiger partial charge in [-0.25, -0.2) is 0 Å².